The maximum absolute atomic E-state index is 12.2. The minimum Gasteiger partial charge on any atom is -0.422 e. The topological polar surface area (TPSA) is 47.3 Å². The zero-order chi connectivity index (χ0) is 15.0. The van der Waals surface area contributed by atoms with E-state index in [4.69, 9.17) is 4.42 Å². The van der Waals surface area contributed by atoms with Crippen LogP contribution in [0.15, 0.2) is 51.7 Å². The first-order chi connectivity index (χ1) is 10.1. The van der Waals surface area contributed by atoms with Gasteiger partial charge in [0.2, 0.25) is 5.78 Å². The molecule has 4 heteroatoms. The lowest BCUT2D eigenvalue weighted by Gasteiger charge is -2.04. The summed E-state index contributed by atoms with van der Waals surface area (Å²) in [5.41, 5.74) is 0.121. The Morgan fingerprint density at radius 2 is 1.86 bits per heavy atom. The van der Waals surface area contributed by atoms with Gasteiger partial charge in [0.15, 0.2) is 5.75 Å². The Morgan fingerprint density at radius 3 is 2.62 bits per heavy atom. The quantitative estimate of drug-likeness (QED) is 0.323. The van der Waals surface area contributed by atoms with Crippen LogP contribution < -0.4 is 5.63 Å². The van der Waals surface area contributed by atoms with E-state index in [2.05, 4.69) is 0 Å². The molecular formula is C17H15O3S+. The zero-order valence-electron chi connectivity index (χ0n) is 11.9. The normalized spacial score (nSPS) is 11.4. The summed E-state index contributed by atoms with van der Waals surface area (Å²) in [6.07, 6.45) is 3.96. The number of hydrogen-bond acceptors (Lipinski definition) is 3. The number of carbonyl (C=O) groups is 1. The molecule has 0 fully saturated rings. The number of Topliss-reactive ketones (excluding diaryl/α,β-unsaturated/α-hetero) is 1. The Bertz CT molecular complexity index is 893. The van der Waals surface area contributed by atoms with Gasteiger partial charge in [0.25, 0.3) is 0 Å². The summed E-state index contributed by atoms with van der Waals surface area (Å²) in [5.74, 6) is 0.230. The van der Waals surface area contributed by atoms with E-state index in [1.165, 1.54) is 0 Å². The van der Waals surface area contributed by atoms with Gasteiger partial charge >= 0.3 is 5.63 Å². The van der Waals surface area contributed by atoms with Crippen LogP contribution >= 0.6 is 0 Å². The fourth-order valence-electron chi connectivity index (χ4n) is 2.41. The third kappa shape index (κ3) is 2.59. The SMILES string of the molecule is C[S+](C)CC(=O)c1cc2c(ccc3ccccc32)oc1=O. The second-order valence-electron chi connectivity index (χ2n) is 5.20. The zero-order valence-corrected chi connectivity index (χ0v) is 12.7. The van der Waals surface area contributed by atoms with Crippen molar-refractivity contribution in [2.45, 2.75) is 0 Å². The third-order valence-electron chi connectivity index (χ3n) is 3.36. The molecule has 0 saturated heterocycles. The van der Waals surface area contributed by atoms with Gasteiger partial charge in [0.1, 0.15) is 11.1 Å². The van der Waals surface area contributed by atoms with Crippen LogP contribution in [-0.2, 0) is 10.9 Å². The maximum atomic E-state index is 12.2. The number of benzene rings is 2. The molecule has 3 aromatic rings. The molecule has 0 atom stereocenters. The van der Waals surface area contributed by atoms with E-state index in [1.54, 1.807) is 12.1 Å². The molecule has 0 saturated carbocycles. The summed E-state index contributed by atoms with van der Waals surface area (Å²) in [7, 11) is -0.0454. The highest BCUT2D eigenvalue weighted by atomic mass is 32.2. The van der Waals surface area contributed by atoms with Gasteiger partial charge in [-0.15, -0.1) is 0 Å². The van der Waals surface area contributed by atoms with Gasteiger partial charge in [-0.2, -0.15) is 0 Å². The summed E-state index contributed by atoms with van der Waals surface area (Å²) in [6, 6.07) is 13.2. The van der Waals surface area contributed by atoms with Gasteiger partial charge in [-0.25, -0.2) is 4.79 Å². The molecule has 0 N–H and O–H groups in total. The Kier molecular flexibility index (Phi) is 3.55. The molecule has 1 heterocycles. The lowest BCUT2D eigenvalue weighted by molar-refractivity contribution is 0.101. The monoisotopic (exact) mass is 299 g/mol. The molecule has 3 rings (SSSR count). The average Bonchev–Trinajstić information content (AvgIpc) is 2.45. The van der Waals surface area contributed by atoms with Crippen molar-refractivity contribution >= 4 is 38.4 Å². The number of fused-ring (bicyclic) bond motifs is 3. The smallest absolute Gasteiger partial charge is 0.347 e. The largest absolute Gasteiger partial charge is 0.422 e. The fraction of sp³-hybridized carbons (Fsp3) is 0.176. The standard InChI is InChI=1S/C17H15O3S/c1-21(2)10-15(18)14-9-13-12-6-4-3-5-11(12)7-8-16(13)20-17(14)19/h3-9H,10H2,1-2H3/q+1. The molecule has 0 aliphatic carbocycles. The van der Waals surface area contributed by atoms with Crippen LogP contribution in [0, 0.1) is 0 Å². The van der Waals surface area contributed by atoms with E-state index >= 15 is 0 Å². The van der Waals surface area contributed by atoms with Crippen LogP contribution in [0.2, 0.25) is 0 Å². The first kappa shape index (κ1) is 13.9. The summed E-state index contributed by atoms with van der Waals surface area (Å²) in [4.78, 5) is 24.2. The summed E-state index contributed by atoms with van der Waals surface area (Å²) in [6.45, 7) is 0. The molecule has 0 radical (unpaired) electrons. The summed E-state index contributed by atoms with van der Waals surface area (Å²) in [5, 5.41) is 2.85. The molecule has 3 nitrogen and oxygen atoms in total. The summed E-state index contributed by atoms with van der Waals surface area (Å²) >= 11 is 0. The molecule has 0 bridgehead atoms. The molecule has 2 aromatic carbocycles. The number of carbonyl (C=O) groups excluding carboxylic acids is 1. The number of ketones is 1. The van der Waals surface area contributed by atoms with Crippen LogP contribution in [0.4, 0.5) is 0 Å². The second-order valence-corrected chi connectivity index (χ2v) is 7.46. The van der Waals surface area contributed by atoms with E-state index in [0.717, 1.165) is 16.2 Å². The Morgan fingerprint density at radius 1 is 1.10 bits per heavy atom. The van der Waals surface area contributed by atoms with E-state index in [1.807, 2.05) is 42.8 Å². The summed E-state index contributed by atoms with van der Waals surface area (Å²) < 4.78 is 5.33. The molecular weight excluding hydrogens is 284 g/mol. The van der Waals surface area contributed by atoms with Crippen molar-refractivity contribution in [3.05, 3.63) is 58.4 Å². The Hall–Kier alpha value is -2.07. The van der Waals surface area contributed by atoms with E-state index in [-0.39, 0.29) is 22.2 Å². The number of rotatable bonds is 3. The fourth-order valence-corrected chi connectivity index (χ4v) is 3.09. The van der Waals surface area contributed by atoms with Crippen LogP contribution in [0.5, 0.6) is 0 Å². The predicted octanol–water partition coefficient (Wildman–Crippen LogP) is 3.01. The average molecular weight is 299 g/mol. The first-order valence-corrected chi connectivity index (χ1v) is 8.80. The van der Waals surface area contributed by atoms with Gasteiger partial charge < -0.3 is 4.42 Å². The molecule has 0 aliphatic rings. The van der Waals surface area contributed by atoms with E-state index < -0.39 is 5.63 Å². The van der Waals surface area contributed by atoms with E-state index in [9.17, 15) is 9.59 Å². The minimum absolute atomic E-state index is 0.0454. The van der Waals surface area contributed by atoms with Crippen molar-refractivity contribution in [3.8, 4) is 0 Å². The highest BCUT2D eigenvalue weighted by Gasteiger charge is 2.19. The van der Waals surface area contributed by atoms with Crippen molar-refractivity contribution < 1.29 is 9.21 Å². The first-order valence-electron chi connectivity index (χ1n) is 6.59. The highest BCUT2D eigenvalue weighted by molar-refractivity contribution is 7.96. The minimum atomic E-state index is -0.548. The van der Waals surface area contributed by atoms with Gasteiger partial charge in [0, 0.05) is 5.39 Å². The highest BCUT2D eigenvalue weighted by Crippen LogP contribution is 2.25. The second kappa shape index (κ2) is 5.37. The van der Waals surface area contributed by atoms with Crippen molar-refractivity contribution in [1.82, 2.24) is 0 Å². The van der Waals surface area contributed by atoms with Crippen molar-refractivity contribution in [3.63, 3.8) is 0 Å². The van der Waals surface area contributed by atoms with Crippen molar-refractivity contribution in [2.75, 3.05) is 18.3 Å². The Balaban J connectivity index is 2.27. The number of hydrogen-bond donors (Lipinski definition) is 0. The van der Waals surface area contributed by atoms with Crippen LogP contribution in [-0.4, -0.2) is 24.0 Å². The Labute approximate surface area is 124 Å². The van der Waals surface area contributed by atoms with Crippen LogP contribution in [0.3, 0.4) is 0 Å². The molecule has 21 heavy (non-hydrogen) atoms. The molecule has 0 amide bonds. The molecule has 0 spiro atoms. The molecule has 0 aliphatic heterocycles. The van der Waals surface area contributed by atoms with Crippen molar-refractivity contribution in [1.29, 1.82) is 0 Å². The predicted molar refractivity (Wildman–Crippen MR) is 88.4 cm³/mol. The lowest BCUT2D eigenvalue weighted by atomic mass is 10.0. The lowest BCUT2D eigenvalue weighted by Crippen LogP contribution is -2.20. The molecule has 106 valence electrons. The third-order valence-corrected chi connectivity index (χ3v) is 4.20. The van der Waals surface area contributed by atoms with Gasteiger partial charge in [-0.05, 0) is 33.8 Å². The van der Waals surface area contributed by atoms with Gasteiger partial charge in [-0.1, -0.05) is 30.3 Å². The maximum Gasteiger partial charge on any atom is 0.347 e. The van der Waals surface area contributed by atoms with Crippen LogP contribution in [0.1, 0.15) is 10.4 Å². The van der Waals surface area contributed by atoms with Gasteiger partial charge in [0.05, 0.1) is 12.5 Å². The molecule has 1 aromatic heterocycles. The van der Waals surface area contributed by atoms with E-state index in [0.29, 0.717) is 11.3 Å². The van der Waals surface area contributed by atoms with Crippen LogP contribution in [0.25, 0.3) is 21.7 Å². The van der Waals surface area contributed by atoms with Crippen molar-refractivity contribution in [2.24, 2.45) is 0 Å². The molecule has 0 unspecified atom stereocenters. The van der Waals surface area contributed by atoms with Gasteiger partial charge in [-0.3, -0.25) is 4.79 Å².